The number of fused-ring (bicyclic) bond motifs is 1. The highest BCUT2D eigenvalue weighted by molar-refractivity contribution is 5.94. The summed E-state index contributed by atoms with van der Waals surface area (Å²) in [4.78, 5) is 19.1. The first kappa shape index (κ1) is 15.0. The van der Waals surface area contributed by atoms with Gasteiger partial charge in [-0.2, -0.15) is 0 Å². The first-order valence-electron chi connectivity index (χ1n) is 8.04. The lowest BCUT2D eigenvalue weighted by atomic mass is 10.0. The van der Waals surface area contributed by atoms with Gasteiger partial charge in [0, 0.05) is 30.6 Å². The van der Waals surface area contributed by atoms with Crippen molar-refractivity contribution >= 4 is 16.8 Å². The zero-order chi connectivity index (χ0) is 15.5. The molecule has 1 aromatic carbocycles. The molecule has 22 heavy (non-hydrogen) atoms. The fourth-order valence-electron chi connectivity index (χ4n) is 3.07. The molecule has 3 rings (SSSR count). The molecule has 0 unspecified atom stereocenters. The largest absolute Gasteiger partial charge is 0.337 e. The zero-order valence-corrected chi connectivity index (χ0v) is 13.2. The van der Waals surface area contributed by atoms with Crippen LogP contribution in [0.2, 0.25) is 0 Å². The predicted octanol–water partition coefficient (Wildman–Crippen LogP) is 2.84. The maximum absolute atomic E-state index is 12.6. The predicted molar refractivity (Wildman–Crippen MR) is 88.9 cm³/mol. The van der Waals surface area contributed by atoms with Crippen LogP contribution in [-0.2, 0) is 0 Å². The van der Waals surface area contributed by atoms with Gasteiger partial charge in [0.15, 0.2) is 0 Å². The third-order valence-electron chi connectivity index (χ3n) is 4.17. The standard InChI is InChI=1S/C18H23N3O/c1-13(2)19-15-9-11-21(12-10-15)18(22)17-8-7-14-5-3-4-6-16(14)20-17/h3-8,13,15,19H,9-12H2,1-2H3. The number of hydrogen-bond donors (Lipinski definition) is 1. The van der Waals surface area contributed by atoms with E-state index in [1.54, 1.807) is 0 Å². The molecule has 1 amide bonds. The van der Waals surface area contributed by atoms with Crippen LogP contribution in [0.25, 0.3) is 10.9 Å². The quantitative estimate of drug-likeness (QED) is 0.947. The molecule has 0 radical (unpaired) electrons. The van der Waals surface area contributed by atoms with Crippen LogP contribution in [0.4, 0.5) is 0 Å². The van der Waals surface area contributed by atoms with Gasteiger partial charge in [-0.3, -0.25) is 4.79 Å². The first-order valence-corrected chi connectivity index (χ1v) is 8.04. The highest BCUT2D eigenvalue weighted by atomic mass is 16.2. The molecule has 0 atom stereocenters. The maximum Gasteiger partial charge on any atom is 0.272 e. The van der Waals surface area contributed by atoms with E-state index in [9.17, 15) is 4.79 Å². The van der Waals surface area contributed by atoms with Crippen LogP contribution in [0, 0.1) is 0 Å². The molecule has 1 aliphatic heterocycles. The number of nitrogens with one attached hydrogen (secondary N) is 1. The molecule has 4 heteroatoms. The Morgan fingerprint density at radius 3 is 2.64 bits per heavy atom. The molecule has 0 aliphatic carbocycles. The van der Waals surface area contributed by atoms with Gasteiger partial charge in [-0.1, -0.05) is 38.1 Å². The Hall–Kier alpha value is -1.94. The van der Waals surface area contributed by atoms with Crippen LogP contribution < -0.4 is 5.32 Å². The van der Waals surface area contributed by atoms with Crippen molar-refractivity contribution in [3.8, 4) is 0 Å². The molecule has 0 saturated carbocycles. The molecule has 1 aliphatic rings. The summed E-state index contributed by atoms with van der Waals surface area (Å²) in [6.45, 7) is 5.93. The third-order valence-corrected chi connectivity index (χ3v) is 4.17. The van der Waals surface area contributed by atoms with E-state index in [1.165, 1.54) is 0 Å². The molecule has 0 spiro atoms. The minimum atomic E-state index is 0.0498. The van der Waals surface area contributed by atoms with Crippen molar-refractivity contribution in [3.05, 3.63) is 42.1 Å². The highest BCUT2D eigenvalue weighted by Gasteiger charge is 2.24. The fraction of sp³-hybridized carbons (Fsp3) is 0.444. The number of nitrogens with zero attached hydrogens (tertiary/aromatic N) is 2. The van der Waals surface area contributed by atoms with Crippen LogP contribution in [-0.4, -0.2) is 41.0 Å². The summed E-state index contributed by atoms with van der Waals surface area (Å²) >= 11 is 0. The second kappa shape index (κ2) is 6.44. The molecule has 4 nitrogen and oxygen atoms in total. The van der Waals surface area contributed by atoms with Crippen molar-refractivity contribution in [1.29, 1.82) is 0 Å². The van der Waals surface area contributed by atoms with Gasteiger partial charge in [-0.25, -0.2) is 4.98 Å². The average Bonchev–Trinajstić information content (AvgIpc) is 2.54. The Balaban J connectivity index is 1.68. The van der Waals surface area contributed by atoms with Crippen LogP contribution in [0.15, 0.2) is 36.4 Å². The lowest BCUT2D eigenvalue weighted by Gasteiger charge is -2.33. The Kier molecular flexibility index (Phi) is 4.39. The van der Waals surface area contributed by atoms with Gasteiger partial charge in [-0.15, -0.1) is 0 Å². The van der Waals surface area contributed by atoms with Gasteiger partial charge >= 0.3 is 0 Å². The number of para-hydroxylation sites is 1. The molecule has 2 aromatic rings. The summed E-state index contributed by atoms with van der Waals surface area (Å²) in [5.41, 5.74) is 1.43. The van der Waals surface area contributed by atoms with E-state index in [0.29, 0.717) is 17.8 Å². The van der Waals surface area contributed by atoms with Crippen LogP contribution in [0.5, 0.6) is 0 Å². The number of benzene rings is 1. The van der Waals surface area contributed by atoms with Crippen molar-refractivity contribution in [2.45, 2.75) is 38.8 Å². The number of carbonyl (C=O) groups is 1. The van der Waals surface area contributed by atoms with E-state index < -0.39 is 0 Å². The lowest BCUT2D eigenvalue weighted by Crippen LogP contribution is -2.46. The van der Waals surface area contributed by atoms with E-state index >= 15 is 0 Å². The van der Waals surface area contributed by atoms with Gasteiger partial charge in [0.05, 0.1) is 5.52 Å². The zero-order valence-electron chi connectivity index (χ0n) is 13.2. The van der Waals surface area contributed by atoms with Crippen molar-refractivity contribution in [1.82, 2.24) is 15.2 Å². The molecule has 1 fully saturated rings. The molecule has 116 valence electrons. The number of carbonyl (C=O) groups excluding carboxylic acids is 1. The fourth-order valence-corrected chi connectivity index (χ4v) is 3.07. The second-order valence-corrected chi connectivity index (χ2v) is 6.28. The average molecular weight is 297 g/mol. The van der Waals surface area contributed by atoms with Gasteiger partial charge in [-0.05, 0) is 25.0 Å². The molecule has 1 aromatic heterocycles. The van der Waals surface area contributed by atoms with Crippen molar-refractivity contribution in [2.75, 3.05) is 13.1 Å². The molecule has 1 N–H and O–H groups in total. The van der Waals surface area contributed by atoms with Crippen LogP contribution >= 0.6 is 0 Å². The minimum Gasteiger partial charge on any atom is -0.337 e. The third kappa shape index (κ3) is 3.28. The summed E-state index contributed by atoms with van der Waals surface area (Å²) in [7, 11) is 0. The van der Waals surface area contributed by atoms with Gasteiger partial charge in [0.25, 0.3) is 5.91 Å². The maximum atomic E-state index is 12.6. The summed E-state index contributed by atoms with van der Waals surface area (Å²) in [5.74, 6) is 0.0498. The Labute approximate surface area is 131 Å². The Morgan fingerprint density at radius 2 is 1.91 bits per heavy atom. The SMILES string of the molecule is CC(C)NC1CCN(C(=O)c2ccc3ccccc3n2)CC1. The number of hydrogen-bond acceptors (Lipinski definition) is 3. The molecule has 1 saturated heterocycles. The van der Waals surface area contributed by atoms with Crippen LogP contribution in [0.1, 0.15) is 37.2 Å². The van der Waals surface area contributed by atoms with E-state index in [1.807, 2.05) is 41.3 Å². The van der Waals surface area contributed by atoms with Crippen molar-refractivity contribution in [2.24, 2.45) is 0 Å². The van der Waals surface area contributed by atoms with E-state index in [-0.39, 0.29) is 5.91 Å². The highest BCUT2D eigenvalue weighted by Crippen LogP contribution is 2.16. The number of likely N-dealkylation sites (tertiary alicyclic amines) is 1. The number of amides is 1. The van der Waals surface area contributed by atoms with E-state index in [0.717, 1.165) is 36.8 Å². The smallest absolute Gasteiger partial charge is 0.272 e. The van der Waals surface area contributed by atoms with Gasteiger partial charge < -0.3 is 10.2 Å². The monoisotopic (exact) mass is 297 g/mol. The Bertz CT molecular complexity index is 660. The van der Waals surface area contributed by atoms with E-state index in [4.69, 9.17) is 0 Å². The second-order valence-electron chi connectivity index (χ2n) is 6.28. The van der Waals surface area contributed by atoms with Crippen molar-refractivity contribution in [3.63, 3.8) is 0 Å². The van der Waals surface area contributed by atoms with Gasteiger partial charge in [0.1, 0.15) is 5.69 Å². The number of piperidine rings is 1. The number of rotatable bonds is 3. The first-order chi connectivity index (χ1) is 10.6. The lowest BCUT2D eigenvalue weighted by molar-refractivity contribution is 0.0697. The number of aromatic nitrogens is 1. The van der Waals surface area contributed by atoms with E-state index in [2.05, 4.69) is 24.1 Å². The Morgan fingerprint density at radius 1 is 1.18 bits per heavy atom. The van der Waals surface area contributed by atoms with Crippen molar-refractivity contribution < 1.29 is 4.79 Å². The topological polar surface area (TPSA) is 45.2 Å². The minimum absolute atomic E-state index is 0.0498. The molecular formula is C18H23N3O. The summed E-state index contributed by atoms with van der Waals surface area (Å²) in [6.07, 6.45) is 2.02. The number of pyridine rings is 1. The summed E-state index contributed by atoms with van der Waals surface area (Å²) < 4.78 is 0. The summed E-state index contributed by atoms with van der Waals surface area (Å²) in [5, 5.41) is 4.62. The molecular weight excluding hydrogens is 274 g/mol. The normalized spacial score (nSPS) is 16.4. The molecule has 2 heterocycles. The van der Waals surface area contributed by atoms with Crippen LogP contribution in [0.3, 0.4) is 0 Å². The summed E-state index contributed by atoms with van der Waals surface area (Å²) in [6, 6.07) is 12.7. The molecule has 0 bridgehead atoms. The van der Waals surface area contributed by atoms with Gasteiger partial charge in [0.2, 0.25) is 0 Å².